The summed E-state index contributed by atoms with van der Waals surface area (Å²) >= 11 is 5.81. The largest absolute Gasteiger partial charge is 0.387 e. The number of likely N-dealkylation sites (tertiary alicyclic amines) is 1. The Kier molecular flexibility index (Phi) is 4.40. The lowest BCUT2D eigenvalue weighted by Crippen LogP contribution is -2.40. The first-order valence-corrected chi connectivity index (χ1v) is 6.46. The Morgan fingerprint density at radius 2 is 1.82 bits per heavy atom. The molecule has 2 atom stereocenters. The first kappa shape index (κ1) is 12.8. The summed E-state index contributed by atoms with van der Waals surface area (Å²) in [5.74, 6) is 0. The van der Waals surface area contributed by atoms with Crippen LogP contribution in [0.3, 0.4) is 0 Å². The molecule has 2 rings (SSSR count). The number of halogens is 1. The summed E-state index contributed by atoms with van der Waals surface area (Å²) in [6.45, 7) is 2.95. The molecule has 17 heavy (non-hydrogen) atoms. The zero-order chi connectivity index (χ0) is 12.3. The topological polar surface area (TPSA) is 49.5 Å². The van der Waals surface area contributed by atoms with E-state index in [0.717, 1.165) is 25.2 Å². The lowest BCUT2D eigenvalue weighted by molar-refractivity contribution is 0.125. The second-order valence-electron chi connectivity index (χ2n) is 4.67. The highest BCUT2D eigenvalue weighted by Gasteiger charge is 2.21. The molecule has 3 nitrogen and oxygen atoms in total. The van der Waals surface area contributed by atoms with Gasteiger partial charge in [0.2, 0.25) is 0 Å². The summed E-state index contributed by atoms with van der Waals surface area (Å²) in [6.07, 6.45) is 1.86. The quantitative estimate of drug-likeness (QED) is 0.862. The Balaban J connectivity index is 1.93. The van der Waals surface area contributed by atoms with E-state index in [1.807, 2.05) is 12.1 Å². The van der Waals surface area contributed by atoms with Crippen LogP contribution >= 0.6 is 11.6 Å². The fraction of sp³-hybridized carbons (Fsp3) is 0.538. The van der Waals surface area contributed by atoms with Crippen molar-refractivity contribution in [2.45, 2.75) is 25.0 Å². The van der Waals surface area contributed by atoms with E-state index in [-0.39, 0.29) is 6.04 Å². The SMILES string of the molecule is N[C@@H](CN1CCCC1)[C@@H](O)c1ccc(Cl)cc1. The van der Waals surface area contributed by atoms with Crippen LogP contribution in [0.4, 0.5) is 0 Å². The number of nitrogens with two attached hydrogens (primary N) is 1. The number of rotatable bonds is 4. The summed E-state index contributed by atoms with van der Waals surface area (Å²) in [5, 5.41) is 10.8. The van der Waals surface area contributed by atoms with Gasteiger partial charge in [-0.2, -0.15) is 0 Å². The smallest absolute Gasteiger partial charge is 0.0953 e. The normalized spacial score (nSPS) is 20.4. The maximum Gasteiger partial charge on any atom is 0.0953 e. The highest BCUT2D eigenvalue weighted by molar-refractivity contribution is 6.30. The van der Waals surface area contributed by atoms with Crippen molar-refractivity contribution in [3.8, 4) is 0 Å². The van der Waals surface area contributed by atoms with Crippen LogP contribution in [0.25, 0.3) is 0 Å². The van der Waals surface area contributed by atoms with E-state index < -0.39 is 6.10 Å². The molecule has 1 saturated heterocycles. The fourth-order valence-electron chi connectivity index (χ4n) is 2.27. The molecule has 1 aliphatic heterocycles. The van der Waals surface area contributed by atoms with Gasteiger partial charge in [-0.3, -0.25) is 0 Å². The third-order valence-electron chi connectivity index (χ3n) is 3.28. The van der Waals surface area contributed by atoms with Crippen LogP contribution in [0, 0.1) is 0 Å². The number of benzene rings is 1. The molecule has 3 N–H and O–H groups in total. The predicted molar refractivity (Wildman–Crippen MR) is 70.1 cm³/mol. The van der Waals surface area contributed by atoms with E-state index in [4.69, 9.17) is 17.3 Å². The second-order valence-corrected chi connectivity index (χ2v) is 5.10. The Labute approximate surface area is 107 Å². The summed E-state index contributed by atoms with van der Waals surface area (Å²) < 4.78 is 0. The Morgan fingerprint density at radius 3 is 2.41 bits per heavy atom. The molecule has 94 valence electrons. The minimum absolute atomic E-state index is 0.241. The van der Waals surface area contributed by atoms with Crippen molar-refractivity contribution in [1.82, 2.24) is 4.90 Å². The van der Waals surface area contributed by atoms with Gasteiger partial charge in [0, 0.05) is 17.6 Å². The van der Waals surface area contributed by atoms with E-state index in [1.165, 1.54) is 12.8 Å². The van der Waals surface area contributed by atoms with E-state index in [1.54, 1.807) is 12.1 Å². The number of nitrogens with zero attached hydrogens (tertiary/aromatic N) is 1. The van der Waals surface area contributed by atoms with Crippen LogP contribution in [0.1, 0.15) is 24.5 Å². The van der Waals surface area contributed by atoms with Crippen molar-refractivity contribution in [1.29, 1.82) is 0 Å². The minimum Gasteiger partial charge on any atom is -0.387 e. The van der Waals surface area contributed by atoms with Crippen LogP contribution in [-0.4, -0.2) is 35.7 Å². The molecule has 0 spiro atoms. The number of aliphatic hydroxyl groups excluding tert-OH is 1. The van der Waals surface area contributed by atoms with Crippen LogP contribution < -0.4 is 5.73 Å². The summed E-state index contributed by atoms with van der Waals surface area (Å²) in [4.78, 5) is 2.31. The van der Waals surface area contributed by atoms with Gasteiger partial charge in [-0.1, -0.05) is 23.7 Å². The maximum atomic E-state index is 10.1. The first-order chi connectivity index (χ1) is 8.16. The Morgan fingerprint density at radius 1 is 1.24 bits per heavy atom. The van der Waals surface area contributed by atoms with Crippen LogP contribution in [0.15, 0.2) is 24.3 Å². The van der Waals surface area contributed by atoms with E-state index >= 15 is 0 Å². The minimum atomic E-state index is -0.618. The van der Waals surface area contributed by atoms with Crippen molar-refractivity contribution >= 4 is 11.6 Å². The summed E-state index contributed by atoms with van der Waals surface area (Å²) in [7, 11) is 0. The molecule has 0 unspecified atom stereocenters. The van der Waals surface area contributed by atoms with Gasteiger partial charge in [0.05, 0.1) is 6.10 Å². The summed E-state index contributed by atoms with van der Waals surface area (Å²) in [6, 6.07) is 6.98. The van der Waals surface area contributed by atoms with Crippen LogP contribution in [-0.2, 0) is 0 Å². The molecular formula is C13H19ClN2O. The third-order valence-corrected chi connectivity index (χ3v) is 3.54. The van der Waals surface area contributed by atoms with Crippen molar-refractivity contribution in [3.05, 3.63) is 34.9 Å². The van der Waals surface area contributed by atoms with Crippen molar-refractivity contribution in [2.24, 2.45) is 5.73 Å². The molecule has 0 bridgehead atoms. The second kappa shape index (κ2) is 5.83. The van der Waals surface area contributed by atoms with E-state index in [0.29, 0.717) is 5.02 Å². The van der Waals surface area contributed by atoms with Gasteiger partial charge in [0.25, 0.3) is 0 Å². The Hall–Kier alpha value is -0.610. The molecular weight excluding hydrogens is 236 g/mol. The van der Waals surface area contributed by atoms with Gasteiger partial charge in [-0.05, 0) is 43.6 Å². The molecule has 4 heteroatoms. The first-order valence-electron chi connectivity index (χ1n) is 6.08. The van der Waals surface area contributed by atoms with Gasteiger partial charge in [-0.25, -0.2) is 0 Å². The average Bonchev–Trinajstić information content (AvgIpc) is 2.82. The standard InChI is InChI=1S/C13H19ClN2O/c14-11-5-3-10(4-6-11)13(17)12(15)9-16-7-1-2-8-16/h3-6,12-13,17H,1-2,7-9,15H2/t12-,13-/m0/s1. The summed E-state index contributed by atoms with van der Waals surface area (Å²) in [5.41, 5.74) is 6.88. The molecule has 1 aliphatic rings. The monoisotopic (exact) mass is 254 g/mol. The van der Waals surface area contributed by atoms with Gasteiger partial charge < -0.3 is 15.7 Å². The van der Waals surface area contributed by atoms with Crippen LogP contribution in [0.2, 0.25) is 5.02 Å². The van der Waals surface area contributed by atoms with Crippen molar-refractivity contribution in [2.75, 3.05) is 19.6 Å². The zero-order valence-corrected chi connectivity index (χ0v) is 10.6. The number of hydrogen-bond donors (Lipinski definition) is 2. The molecule has 0 radical (unpaired) electrons. The highest BCUT2D eigenvalue weighted by Crippen LogP contribution is 2.20. The fourth-order valence-corrected chi connectivity index (χ4v) is 2.40. The number of aliphatic hydroxyl groups is 1. The lowest BCUT2D eigenvalue weighted by atomic mass is 10.0. The predicted octanol–water partition coefficient (Wildman–Crippen LogP) is 1.80. The Bertz CT molecular complexity index is 349. The van der Waals surface area contributed by atoms with Crippen LogP contribution in [0.5, 0.6) is 0 Å². The average molecular weight is 255 g/mol. The molecule has 0 aliphatic carbocycles. The van der Waals surface area contributed by atoms with Gasteiger partial charge in [0.1, 0.15) is 0 Å². The van der Waals surface area contributed by atoms with E-state index in [2.05, 4.69) is 4.90 Å². The van der Waals surface area contributed by atoms with Gasteiger partial charge >= 0.3 is 0 Å². The number of hydrogen-bond acceptors (Lipinski definition) is 3. The van der Waals surface area contributed by atoms with Gasteiger partial charge in [-0.15, -0.1) is 0 Å². The molecule has 1 fully saturated rings. The van der Waals surface area contributed by atoms with Crippen molar-refractivity contribution < 1.29 is 5.11 Å². The van der Waals surface area contributed by atoms with E-state index in [9.17, 15) is 5.11 Å². The zero-order valence-electron chi connectivity index (χ0n) is 9.85. The molecule has 0 aromatic heterocycles. The maximum absolute atomic E-state index is 10.1. The highest BCUT2D eigenvalue weighted by atomic mass is 35.5. The molecule has 1 aromatic rings. The van der Waals surface area contributed by atoms with Gasteiger partial charge in [0.15, 0.2) is 0 Å². The molecule has 0 amide bonds. The molecule has 1 heterocycles. The lowest BCUT2D eigenvalue weighted by Gasteiger charge is -2.24. The third kappa shape index (κ3) is 3.42. The molecule has 0 saturated carbocycles. The molecule has 1 aromatic carbocycles. The van der Waals surface area contributed by atoms with Crippen molar-refractivity contribution in [3.63, 3.8) is 0 Å².